The Labute approximate surface area is 164 Å². The molecule has 0 spiro atoms. The summed E-state index contributed by atoms with van der Waals surface area (Å²) in [5.41, 5.74) is 0.910. The molecule has 142 valence electrons. The molecule has 27 heavy (non-hydrogen) atoms. The van der Waals surface area contributed by atoms with Crippen molar-refractivity contribution in [2.45, 2.75) is 13.8 Å². The highest BCUT2D eigenvalue weighted by Crippen LogP contribution is 2.30. The summed E-state index contributed by atoms with van der Waals surface area (Å²) in [6.45, 7) is 4.63. The first-order valence-electron chi connectivity index (χ1n) is 8.14. The summed E-state index contributed by atoms with van der Waals surface area (Å²) in [5, 5.41) is 5.84. The number of thiazole rings is 1. The molecule has 1 amide bonds. The lowest BCUT2D eigenvalue weighted by molar-refractivity contribution is 0.0531. The number of aryl methyl sites for hydroxylation is 1. The first-order valence-corrected chi connectivity index (χ1v) is 9.37. The standard InChI is InChI=1S/C17H17N3O5S2/c1-3-23-15(22)13-9(2)18-17(27-13)20-16(26)19-14(21)10-4-5-11-12(8-10)25-7-6-24-11/h4-5,8H,3,6-7H2,1-2H3,(H2,18,19,20,21,26). The van der Waals surface area contributed by atoms with Crippen LogP contribution in [0.2, 0.25) is 0 Å². The lowest BCUT2D eigenvalue weighted by atomic mass is 10.2. The predicted octanol–water partition coefficient (Wildman–Crippen LogP) is 2.53. The maximum absolute atomic E-state index is 12.4. The molecule has 10 heteroatoms. The summed E-state index contributed by atoms with van der Waals surface area (Å²) < 4.78 is 15.9. The van der Waals surface area contributed by atoms with Crippen molar-refractivity contribution in [3.05, 3.63) is 34.3 Å². The van der Waals surface area contributed by atoms with Gasteiger partial charge in [-0.2, -0.15) is 0 Å². The molecule has 2 N–H and O–H groups in total. The number of benzene rings is 1. The van der Waals surface area contributed by atoms with Gasteiger partial charge in [-0.15, -0.1) is 0 Å². The molecule has 3 rings (SSSR count). The Bertz CT molecular complexity index is 897. The third-order valence-electron chi connectivity index (χ3n) is 3.51. The topological polar surface area (TPSA) is 98.8 Å². The van der Waals surface area contributed by atoms with Crippen LogP contribution in [0, 0.1) is 6.92 Å². The van der Waals surface area contributed by atoms with E-state index in [-0.39, 0.29) is 11.7 Å². The van der Waals surface area contributed by atoms with E-state index in [2.05, 4.69) is 15.6 Å². The number of thiocarbonyl (C=S) groups is 1. The van der Waals surface area contributed by atoms with E-state index < -0.39 is 11.9 Å². The molecule has 0 saturated carbocycles. The van der Waals surface area contributed by atoms with E-state index >= 15 is 0 Å². The van der Waals surface area contributed by atoms with E-state index in [0.717, 1.165) is 11.3 Å². The highest BCUT2D eigenvalue weighted by Gasteiger charge is 2.18. The van der Waals surface area contributed by atoms with Crippen molar-refractivity contribution in [3.63, 3.8) is 0 Å². The minimum atomic E-state index is -0.438. The number of hydrogen-bond donors (Lipinski definition) is 2. The summed E-state index contributed by atoms with van der Waals surface area (Å²) >= 11 is 6.26. The number of ether oxygens (including phenoxy) is 3. The number of carbonyl (C=O) groups is 2. The Balaban J connectivity index is 1.63. The highest BCUT2D eigenvalue weighted by molar-refractivity contribution is 7.80. The molecule has 0 fully saturated rings. The molecule has 1 aromatic carbocycles. The van der Waals surface area contributed by atoms with Gasteiger partial charge in [-0.25, -0.2) is 9.78 Å². The number of esters is 1. The smallest absolute Gasteiger partial charge is 0.350 e. The van der Waals surface area contributed by atoms with Crippen LogP contribution in [0.4, 0.5) is 5.13 Å². The van der Waals surface area contributed by atoms with Crippen molar-refractivity contribution in [1.82, 2.24) is 10.3 Å². The van der Waals surface area contributed by atoms with Gasteiger partial charge in [0.2, 0.25) is 0 Å². The second kappa shape index (κ2) is 8.31. The van der Waals surface area contributed by atoms with Crippen molar-refractivity contribution >= 4 is 45.7 Å². The SMILES string of the molecule is CCOC(=O)c1sc(NC(=S)NC(=O)c2ccc3c(c2)OCCO3)nc1C. The van der Waals surface area contributed by atoms with Gasteiger partial charge in [0.25, 0.3) is 5.91 Å². The average Bonchev–Trinajstić information content (AvgIpc) is 3.01. The number of carbonyl (C=O) groups excluding carboxylic acids is 2. The summed E-state index contributed by atoms with van der Waals surface area (Å²) in [6, 6.07) is 4.90. The first-order chi connectivity index (χ1) is 13.0. The van der Waals surface area contributed by atoms with Gasteiger partial charge in [-0.05, 0) is 44.3 Å². The zero-order chi connectivity index (χ0) is 19.4. The van der Waals surface area contributed by atoms with E-state index in [4.69, 9.17) is 26.4 Å². The third-order valence-corrected chi connectivity index (χ3v) is 4.77. The van der Waals surface area contributed by atoms with Gasteiger partial charge in [-0.3, -0.25) is 10.1 Å². The fraction of sp³-hybridized carbons (Fsp3) is 0.294. The van der Waals surface area contributed by atoms with Gasteiger partial charge in [0.05, 0.1) is 12.3 Å². The molecule has 0 unspecified atom stereocenters. The fourth-order valence-corrected chi connectivity index (χ4v) is 3.44. The van der Waals surface area contributed by atoms with E-state index in [0.29, 0.717) is 46.0 Å². The maximum atomic E-state index is 12.4. The molecule has 0 saturated heterocycles. The maximum Gasteiger partial charge on any atom is 0.350 e. The zero-order valence-electron chi connectivity index (χ0n) is 14.7. The predicted molar refractivity (Wildman–Crippen MR) is 104 cm³/mol. The molecule has 0 radical (unpaired) electrons. The number of anilines is 1. The number of aromatic nitrogens is 1. The van der Waals surface area contributed by atoms with Crippen LogP contribution < -0.4 is 20.1 Å². The minimum absolute atomic E-state index is 0.0686. The Morgan fingerprint density at radius 1 is 1.30 bits per heavy atom. The molecule has 8 nitrogen and oxygen atoms in total. The molecular formula is C17H17N3O5S2. The molecule has 1 aliphatic rings. The summed E-state index contributed by atoms with van der Waals surface area (Å²) in [4.78, 5) is 28.8. The molecule has 0 atom stereocenters. The first kappa shape index (κ1) is 19.1. The Kier molecular flexibility index (Phi) is 5.87. The molecule has 0 aliphatic carbocycles. The second-order valence-electron chi connectivity index (χ2n) is 5.42. The van der Waals surface area contributed by atoms with Crippen molar-refractivity contribution in [1.29, 1.82) is 0 Å². The van der Waals surface area contributed by atoms with Gasteiger partial charge >= 0.3 is 5.97 Å². The number of hydrogen-bond acceptors (Lipinski definition) is 8. The van der Waals surface area contributed by atoms with E-state index in [9.17, 15) is 9.59 Å². The van der Waals surface area contributed by atoms with E-state index in [1.807, 2.05) is 0 Å². The van der Waals surface area contributed by atoms with Crippen molar-refractivity contribution < 1.29 is 23.8 Å². The van der Waals surface area contributed by atoms with Crippen LogP contribution in [0.1, 0.15) is 32.6 Å². The minimum Gasteiger partial charge on any atom is -0.486 e. The lowest BCUT2D eigenvalue weighted by Crippen LogP contribution is -2.34. The molecule has 2 aromatic rings. The quantitative estimate of drug-likeness (QED) is 0.589. The van der Waals surface area contributed by atoms with Gasteiger partial charge < -0.3 is 19.5 Å². The summed E-state index contributed by atoms with van der Waals surface area (Å²) in [6.07, 6.45) is 0. The van der Waals surface area contributed by atoms with Gasteiger partial charge in [0.1, 0.15) is 18.1 Å². The summed E-state index contributed by atoms with van der Waals surface area (Å²) in [7, 11) is 0. The molecule has 1 aliphatic heterocycles. The molecule has 2 heterocycles. The number of fused-ring (bicyclic) bond motifs is 1. The van der Waals surface area contributed by atoms with E-state index in [1.165, 1.54) is 0 Å². The van der Waals surface area contributed by atoms with Crippen molar-refractivity contribution in [2.24, 2.45) is 0 Å². The highest BCUT2D eigenvalue weighted by atomic mass is 32.1. The Hall–Kier alpha value is -2.72. The van der Waals surface area contributed by atoms with E-state index in [1.54, 1.807) is 32.0 Å². The van der Waals surface area contributed by atoms with Crippen LogP contribution >= 0.6 is 23.6 Å². The van der Waals surface area contributed by atoms with Crippen LogP contribution in [0.5, 0.6) is 11.5 Å². The Morgan fingerprint density at radius 3 is 2.78 bits per heavy atom. The van der Waals surface area contributed by atoms with Crippen LogP contribution in [0.15, 0.2) is 18.2 Å². The number of amides is 1. The summed E-state index contributed by atoms with van der Waals surface area (Å²) in [5.74, 6) is 0.279. The van der Waals surface area contributed by atoms with Crippen LogP contribution in [0.25, 0.3) is 0 Å². The van der Waals surface area contributed by atoms with Gasteiger partial charge in [0.15, 0.2) is 21.7 Å². The lowest BCUT2D eigenvalue weighted by Gasteiger charge is -2.18. The molecule has 0 bridgehead atoms. The monoisotopic (exact) mass is 407 g/mol. The van der Waals surface area contributed by atoms with Crippen LogP contribution in [-0.2, 0) is 4.74 Å². The molecular weight excluding hydrogens is 390 g/mol. The molecule has 1 aromatic heterocycles. The van der Waals surface area contributed by atoms with Crippen molar-refractivity contribution in [2.75, 3.05) is 25.1 Å². The zero-order valence-corrected chi connectivity index (χ0v) is 16.3. The largest absolute Gasteiger partial charge is 0.486 e. The second-order valence-corrected chi connectivity index (χ2v) is 6.83. The number of rotatable bonds is 4. The fourth-order valence-electron chi connectivity index (χ4n) is 2.32. The normalized spacial score (nSPS) is 12.2. The van der Waals surface area contributed by atoms with Crippen LogP contribution in [0.3, 0.4) is 0 Å². The number of nitrogens with one attached hydrogen (secondary N) is 2. The Morgan fingerprint density at radius 2 is 2.04 bits per heavy atom. The number of nitrogens with zero attached hydrogens (tertiary/aromatic N) is 1. The average molecular weight is 407 g/mol. The van der Waals surface area contributed by atoms with Crippen LogP contribution in [-0.4, -0.2) is 41.8 Å². The third kappa shape index (κ3) is 4.52. The van der Waals surface area contributed by atoms with Gasteiger partial charge in [0, 0.05) is 5.56 Å². The van der Waals surface area contributed by atoms with Gasteiger partial charge in [-0.1, -0.05) is 11.3 Å². The van der Waals surface area contributed by atoms with Crippen molar-refractivity contribution in [3.8, 4) is 11.5 Å².